The van der Waals surface area contributed by atoms with Crippen molar-refractivity contribution in [2.24, 2.45) is 0 Å². The van der Waals surface area contributed by atoms with Gasteiger partial charge in [-0.2, -0.15) is 0 Å². The molecule has 20 heavy (non-hydrogen) atoms. The molecular formula is C17H28N2O. The quantitative estimate of drug-likeness (QED) is 0.738. The highest BCUT2D eigenvalue weighted by Crippen LogP contribution is 2.18. The van der Waals surface area contributed by atoms with Crippen molar-refractivity contribution in [3.63, 3.8) is 0 Å². The van der Waals surface area contributed by atoms with Gasteiger partial charge in [0.05, 0.1) is 6.61 Å². The number of hydrogen-bond acceptors (Lipinski definition) is 3. The van der Waals surface area contributed by atoms with E-state index in [2.05, 4.69) is 34.5 Å². The molecule has 0 aromatic heterocycles. The molecule has 0 saturated heterocycles. The average molecular weight is 276 g/mol. The van der Waals surface area contributed by atoms with Crippen molar-refractivity contribution in [2.45, 2.75) is 32.2 Å². The smallest absolute Gasteiger partial charge is 0.0587 e. The summed E-state index contributed by atoms with van der Waals surface area (Å²) >= 11 is 0. The molecule has 1 aromatic carbocycles. The van der Waals surface area contributed by atoms with Gasteiger partial charge in [0.15, 0.2) is 0 Å². The van der Waals surface area contributed by atoms with Crippen LogP contribution in [0.2, 0.25) is 0 Å². The van der Waals surface area contributed by atoms with E-state index in [0.29, 0.717) is 0 Å². The van der Waals surface area contributed by atoms with E-state index in [1.54, 1.807) is 12.7 Å². The number of methoxy groups -OCH3 is 1. The van der Waals surface area contributed by atoms with E-state index in [-0.39, 0.29) is 0 Å². The minimum absolute atomic E-state index is 0.808. The third kappa shape index (κ3) is 5.23. The Hall–Kier alpha value is -0.900. The van der Waals surface area contributed by atoms with E-state index >= 15 is 0 Å². The predicted molar refractivity (Wildman–Crippen MR) is 84.0 cm³/mol. The second-order valence-electron chi connectivity index (χ2n) is 5.60. The molecule has 1 N–H and O–H groups in total. The summed E-state index contributed by atoms with van der Waals surface area (Å²) < 4.78 is 5.02. The first-order chi connectivity index (χ1) is 9.90. The molecule has 0 amide bonds. The molecular weight excluding hydrogens is 248 g/mol. The zero-order valence-electron chi connectivity index (χ0n) is 12.7. The molecule has 1 aliphatic rings. The third-order valence-electron chi connectivity index (χ3n) is 3.99. The first-order valence-corrected chi connectivity index (χ1v) is 7.89. The fraction of sp³-hybridized carbons (Fsp3) is 0.647. The van der Waals surface area contributed by atoms with E-state index in [4.69, 9.17) is 4.74 Å². The maximum Gasteiger partial charge on any atom is 0.0587 e. The summed E-state index contributed by atoms with van der Waals surface area (Å²) in [6.07, 6.45) is 5.07. The van der Waals surface area contributed by atoms with E-state index in [1.165, 1.54) is 44.3 Å². The Morgan fingerprint density at radius 3 is 2.85 bits per heavy atom. The van der Waals surface area contributed by atoms with Crippen molar-refractivity contribution < 1.29 is 4.74 Å². The predicted octanol–water partition coefficient (Wildman–Crippen LogP) is 2.45. The first-order valence-electron chi connectivity index (χ1n) is 7.89. The van der Waals surface area contributed by atoms with Gasteiger partial charge in [-0.1, -0.05) is 24.3 Å². The summed E-state index contributed by atoms with van der Waals surface area (Å²) in [6, 6.07) is 8.92. The summed E-state index contributed by atoms with van der Waals surface area (Å²) in [5.41, 5.74) is 3.08. The summed E-state index contributed by atoms with van der Waals surface area (Å²) in [6.45, 7) is 6.48. The lowest BCUT2D eigenvalue weighted by Crippen LogP contribution is -2.26. The SMILES string of the molecule is COCCNCCCCN1CCCc2ccccc2C1. The zero-order valence-corrected chi connectivity index (χ0v) is 12.7. The van der Waals surface area contributed by atoms with Gasteiger partial charge in [-0.15, -0.1) is 0 Å². The number of nitrogens with one attached hydrogen (secondary N) is 1. The fourth-order valence-corrected chi connectivity index (χ4v) is 2.84. The summed E-state index contributed by atoms with van der Waals surface area (Å²) in [5.74, 6) is 0. The van der Waals surface area contributed by atoms with Gasteiger partial charge in [0.2, 0.25) is 0 Å². The summed E-state index contributed by atoms with van der Waals surface area (Å²) in [4.78, 5) is 2.61. The Labute approximate surface area is 123 Å². The van der Waals surface area contributed by atoms with Crippen LogP contribution in [-0.2, 0) is 17.7 Å². The van der Waals surface area contributed by atoms with Crippen LogP contribution in [-0.4, -0.2) is 44.8 Å². The maximum absolute atomic E-state index is 5.02. The molecule has 0 aliphatic carbocycles. The highest BCUT2D eigenvalue weighted by atomic mass is 16.5. The number of hydrogen-bond donors (Lipinski definition) is 1. The lowest BCUT2D eigenvalue weighted by molar-refractivity contribution is 0.199. The Morgan fingerprint density at radius 2 is 2.00 bits per heavy atom. The van der Waals surface area contributed by atoms with Crippen molar-refractivity contribution >= 4 is 0 Å². The molecule has 1 aromatic rings. The molecule has 112 valence electrons. The number of nitrogens with zero attached hydrogens (tertiary/aromatic N) is 1. The molecule has 2 rings (SSSR count). The van der Waals surface area contributed by atoms with E-state index < -0.39 is 0 Å². The summed E-state index contributed by atoms with van der Waals surface area (Å²) in [7, 11) is 1.75. The molecule has 0 atom stereocenters. The van der Waals surface area contributed by atoms with Crippen molar-refractivity contribution in [1.29, 1.82) is 0 Å². The lowest BCUT2D eigenvalue weighted by atomic mass is 10.0. The number of benzene rings is 1. The van der Waals surface area contributed by atoms with Crippen LogP contribution < -0.4 is 5.32 Å². The fourth-order valence-electron chi connectivity index (χ4n) is 2.84. The topological polar surface area (TPSA) is 24.5 Å². The minimum atomic E-state index is 0.808. The Bertz CT molecular complexity index is 381. The Balaban J connectivity index is 1.64. The second kappa shape index (κ2) is 9.11. The second-order valence-corrected chi connectivity index (χ2v) is 5.60. The van der Waals surface area contributed by atoms with Gasteiger partial charge in [-0.25, -0.2) is 0 Å². The van der Waals surface area contributed by atoms with Gasteiger partial charge >= 0.3 is 0 Å². The number of rotatable bonds is 8. The molecule has 0 spiro atoms. The number of aryl methyl sites for hydroxylation is 1. The Kier molecular flexibility index (Phi) is 7.06. The molecule has 3 nitrogen and oxygen atoms in total. The molecule has 0 unspecified atom stereocenters. The largest absolute Gasteiger partial charge is 0.383 e. The van der Waals surface area contributed by atoms with E-state index in [0.717, 1.165) is 26.2 Å². The molecule has 0 saturated carbocycles. The molecule has 3 heteroatoms. The standard InChI is InChI=1S/C17H28N2O/c1-20-14-11-18-10-4-5-12-19-13-6-9-16-7-2-3-8-17(16)15-19/h2-3,7-8,18H,4-6,9-15H2,1H3. The minimum Gasteiger partial charge on any atom is -0.383 e. The van der Waals surface area contributed by atoms with Crippen molar-refractivity contribution in [1.82, 2.24) is 10.2 Å². The van der Waals surface area contributed by atoms with Crippen LogP contribution in [0, 0.1) is 0 Å². The van der Waals surface area contributed by atoms with Gasteiger partial charge in [-0.3, -0.25) is 4.90 Å². The van der Waals surface area contributed by atoms with Gasteiger partial charge in [0.1, 0.15) is 0 Å². The molecule has 0 fully saturated rings. The van der Waals surface area contributed by atoms with Crippen LogP contribution >= 0.6 is 0 Å². The van der Waals surface area contributed by atoms with E-state index in [9.17, 15) is 0 Å². The molecule has 1 heterocycles. The number of unbranched alkanes of at least 4 members (excludes halogenated alkanes) is 1. The van der Waals surface area contributed by atoms with Crippen molar-refractivity contribution in [3.05, 3.63) is 35.4 Å². The van der Waals surface area contributed by atoms with Crippen LogP contribution in [0.4, 0.5) is 0 Å². The monoisotopic (exact) mass is 276 g/mol. The van der Waals surface area contributed by atoms with Crippen LogP contribution in [0.5, 0.6) is 0 Å². The number of ether oxygens (including phenoxy) is 1. The summed E-state index contributed by atoms with van der Waals surface area (Å²) in [5, 5.41) is 3.41. The normalized spacial score (nSPS) is 15.8. The average Bonchev–Trinajstić information content (AvgIpc) is 2.68. The van der Waals surface area contributed by atoms with Gasteiger partial charge < -0.3 is 10.1 Å². The van der Waals surface area contributed by atoms with Crippen LogP contribution in [0.15, 0.2) is 24.3 Å². The third-order valence-corrected chi connectivity index (χ3v) is 3.99. The lowest BCUT2D eigenvalue weighted by Gasteiger charge is -2.20. The van der Waals surface area contributed by atoms with Gasteiger partial charge in [-0.05, 0) is 56.4 Å². The van der Waals surface area contributed by atoms with Crippen LogP contribution in [0.3, 0.4) is 0 Å². The highest BCUT2D eigenvalue weighted by molar-refractivity contribution is 5.27. The zero-order chi connectivity index (χ0) is 14.0. The van der Waals surface area contributed by atoms with Crippen molar-refractivity contribution in [2.75, 3.05) is 39.9 Å². The molecule has 0 radical (unpaired) electrons. The maximum atomic E-state index is 5.02. The first kappa shape index (κ1) is 15.5. The number of fused-ring (bicyclic) bond motifs is 1. The van der Waals surface area contributed by atoms with Gasteiger partial charge in [0.25, 0.3) is 0 Å². The molecule has 1 aliphatic heterocycles. The van der Waals surface area contributed by atoms with E-state index in [1.807, 2.05) is 0 Å². The van der Waals surface area contributed by atoms with Crippen molar-refractivity contribution in [3.8, 4) is 0 Å². The van der Waals surface area contributed by atoms with Gasteiger partial charge in [0, 0.05) is 20.2 Å². The molecule has 0 bridgehead atoms. The van der Waals surface area contributed by atoms with Crippen LogP contribution in [0.25, 0.3) is 0 Å². The van der Waals surface area contributed by atoms with Crippen LogP contribution in [0.1, 0.15) is 30.4 Å². The Morgan fingerprint density at radius 1 is 1.15 bits per heavy atom. The highest BCUT2D eigenvalue weighted by Gasteiger charge is 2.12.